The fourth-order valence-electron chi connectivity index (χ4n) is 1.44. The Morgan fingerprint density at radius 2 is 2.10 bits per heavy atom. The molecule has 0 aliphatic carbocycles. The maximum atomic E-state index is 11.6. The van der Waals surface area contributed by atoms with Gasteiger partial charge in [0.2, 0.25) is 0 Å². The zero-order chi connectivity index (χ0) is 15.7. The van der Waals surface area contributed by atoms with E-state index in [2.05, 4.69) is 10.6 Å². The Morgan fingerprint density at radius 3 is 2.76 bits per heavy atom. The number of hydrogen-bond donors (Lipinski definition) is 3. The molecule has 0 saturated carbocycles. The predicted octanol–water partition coefficient (Wildman–Crippen LogP) is 1.70. The molecule has 0 atom stereocenters. The van der Waals surface area contributed by atoms with Crippen LogP contribution in [0.2, 0.25) is 0 Å². The summed E-state index contributed by atoms with van der Waals surface area (Å²) in [6.45, 7) is 4.25. The molecule has 7 heteroatoms. The van der Waals surface area contributed by atoms with E-state index in [0.29, 0.717) is 24.6 Å². The fourth-order valence-corrected chi connectivity index (χ4v) is 1.44. The maximum Gasteiger partial charge on any atom is 0.341 e. The van der Waals surface area contributed by atoms with E-state index in [1.807, 2.05) is 13.8 Å². The number of rotatable bonds is 8. The van der Waals surface area contributed by atoms with Crippen molar-refractivity contribution < 1.29 is 24.2 Å². The smallest absolute Gasteiger partial charge is 0.341 e. The van der Waals surface area contributed by atoms with E-state index in [9.17, 15) is 9.59 Å². The van der Waals surface area contributed by atoms with Crippen molar-refractivity contribution in [1.82, 2.24) is 5.32 Å². The number of carbonyl (C=O) groups is 2. The van der Waals surface area contributed by atoms with Crippen molar-refractivity contribution in [3.63, 3.8) is 0 Å². The first-order valence-electron chi connectivity index (χ1n) is 6.58. The summed E-state index contributed by atoms with van der Waals surface area (Å²) >= 11 is 0. The highest BCUT2D eigenvalue weighted by atomic mass is 16.5. The van der Waals surface area contributed by atoms with Gasteiger partial charge in [-0.15, -0.1) is 0 Å². The number of hydrogen-bond acceptors (Lipinski definition) is 4. The molecule has 21 heavy (non-hydrogen) atoms. The van der Waals surface area contributed by atoms with Gasteiger partial charge in [-0.05, 0) is 26.0 Å². The molecule has 3 N–H and O–H groups in total. The van der Waals surface area contributed by atoms with Crippen LogP contribution in [0.3, 0.4) is 0 Å². The first-order valence-corrected chi connectivity index (χ1v) is 6.58. The third kappa shape index (κ3) is 7.78. The minimum atomic E-state index is -1.06. The summed E-state index contributed by atoms with van der Waals surface area (Å²) in [4.78, 5) is 22.0. The van der Waals surface area contributed by atoms with E-state index < -0.39 is 12.6 Å². The molecule has 116 valence electrons. The summed E-state index contributed by atoms with van der Waals surface area (Å²) in [5.74, 6) is -0.686. The Hall–Kier alpha value is -2.28. The molecule has 0 aliphatic heterocycles. The van der Waals surface area contributed by atoms with Crippen LogP contribution in [0.15, 0.2) is 24.3 Å². The molecule has 1 aromatic carbocycles. The molecule has 0 spiro atoms. The molecular formula is C14H20N2O5. The Labute approximate surface area is 123 Å². The number of ether oxygens (including phenoxy) is 2. The number of carbonyl (C=O) groups excluding carboxylic acids is 1. The molecule has 1 rings (SSSR count). The molecule has 0 aliphatic rings. The van der Waals surface area contributed by atoms with Gasteiger partial charge in [-0.1, -0.05) is 6.07 Å². The number of carboxylic acids is 1. The molecule has 1 aromatic rings. The minimum Gasteiger partial charge on any atom is -0.482 e. The van der Waals surface area contributed by atoms with E-state index in [0.717, 1.165) is 0 Å². The first-order chi connectivity index (χ1) is 9.97. The van der Waals surface area contributed by atoms with Crippen LogP contribution in [0, 0.1) is 0 Å². The maximum absolute atomic E-state index is 11.6. The van der Waals surface area contributed by atoms with Crippen molar-refractivity contribution in [2.24, 2.45) is 0 Å². The minimum absolute atomic E-state index is 0.123. The molecule has 2 amide bonds. The Morgan fingerprint density at radius 1 is 1.33 bits per heavy atom. The van der Waals surface area contributed by atoms with Crippen molar-refractivity contribution >= 4 is 17.7 Å². The van der Waals surface area contributed by atoms with Gasteiger partial charge in [0.25, 0.3) is 0 Å². The van der Waals surface area contributed by atoms with Gasteiger partial charge in [0.15, 0.2) is 6.61 Å². The topological polar surface area (TPSA) is 96.9 Å². The summed E-state index contributed by atoms with van der Waals surface area (Å²) in [6.07, 6.45) is 0.123. The Bertz CT molecular complexity index is 476. The van der Waals surface area contributed by atoms with Crippen LogP contribution in [0.1, 0.15) is 13.8 Å². The monoisotopic (exact) mass is 296 g/mol. The summed E-state index contributed by atoms with van der Waals surface area (Å²) in [5, 5.41) is 13.8. The third-order valence-corrected chi connectivity index (χ3v) is 2.29. The van der Waals surface area contributed by atoms with Crippen LogP contribution in [0.5, 0.6) is 5.75 Å². The molecule has 0 unspecified atom stereocenters. The predicted molar refractivity (Wildman–Crippen MR) is 77.7 cm³/mol. The van der Waals surface area contributed by atoms with Crippen molar-refractivity contribution in [3.05, 3.63) is 24.3 Å². The molecule has 7 nitrogen and oxygen atoms in total. The number of aliphatic carboxylic acids is 1. The van der Waals surface area contributed by atoms with Crippen LogP contribution >= 0.6 is 0 Å². The van der Waals surface area contributed by atoms with Crippen LogP contribution < -0.4 is 15.4 Å². The molecule has 0 saturated heterocycles. The number of carboxylic acid groups (broad SMARTS) is 1. The summed E-state index contributed by atoms with van der Waals surface area (Å²) in [6, 6.07) is 6.14. The summed E-state index contributed by atoms with van der Waals surface area (Å²) in [5.41, 5.74) is 0.514. The lowest BCUT2D eigenvalue weighted by atomic mass is 10.3. The first kappa shape index (κ1) is 16.8. The van der Waals surface area contributed by atoms with Crippen molar-refractivity contribution in [3.8, 4) is 5.75 Å². The van der Waals surface area contributed by atoms with Crippen LogP contribution in [0.4, 0.5) is 10.5 Å². The zero-order valence-electron chi connectivity index (χ0n) is 12.1. The quantitative estimate of drug-likeness (QED) is 0.634. The highest BCUT2D eigenvalue weighted by molar-refractivity contribution is 5.89. The standard InChI is InChI=1S/C14H20N2O5/c1-10(2)20-7-6-15-14(19)16-11-4-3-5-12(8-11)21-9-13(17)18/h3-5,8,10H,6-7,9H2,1-2H3,(H,17,18)(H2,15,16,19). The van der Waals surface area contributed by atoms with E-state index in [-0.39, 0.29) is 12.1 Å². The molecular weight excluding hydrogens is 276 g/mol. The van der Waals surface area contributed by atoms with Gasteiger partial charge < -0.3 is 25.2 Å². The lowest BCUT2D eigenvalue weighted by Crippen LogP contribution is -2.32. The van der Waals surface area contributed by atoms with Crippen LogP contribution in [-0.2, 0) is 9.53 Å². The number of anilines is 1. The molecule has 0 aromatic heterocycles. The fraction of sp³-hybridized carbons (Fsp3) is 0.429. The second-order valence-electron chi connectivity index (χ2n) is 4.51. The van der Waals surface area contributed by atoms with Gasteiger partial charge in [-0.2, -0.15) is 0 Å². The SMILES string of the molecule is CC(C)OCCNC(=O)Nc1cccc(OCC(=O)O)c1. The molecule has 0 heterocycles. The highest BCUT2D eigenvalue weighted by Gasteiger charge is 2.04. The number of benzene rings is 1. The average Bonchev–Trinajstić information content (AvgIpc) is 2.41. The van der Waals surface area contributed by atoms with E-state index in [1.165, 1.54) is 0 Å². The molecule has 0 bridgehead atoms. The lowest BCUT2D eigenvalue weighted by Gasteiger charge is -2.10. The van der Waals surface area contributed by atoms with Gasteiger partial charge >= 0.3 is 12.0 Å². The van der Waals surface area contributed by atoms with Crippen molar-refractivity contribution in [1.29, 1.82) is 0 Å². The molecule has 0 radical (unpaired) electrons. The second kappa shape index (κ2) is 8.80. The lowest BCUT2D eigenvalue weighted by molar-refractivity contribution is -0.139. The normalized spacial score (nSPS) is 10.2. The average molecular weight is 296 g/mol. The van der Waals surface area contributed by atoms with Gasteiger partial charge in [-0.25, -0.2) is 9.59 Å². The second-order valence-corrected chi connectivity index (χ2v) is 4.51. The van der Waals surface area contributed by atoms with E-state index >= 15 is 0 Å². The van der Waals surface area contributed by atoms with Crippen LogP contribution in [0.25, 0.3) is 0 Å². The number of nitrogens with one attached hydrogen (secondary N) is 2. The van der Waals surface area contributed by atoms with Crippen molar-refractivity contribution in [2.45, 2.75) is 20.0 Å². The number of amides is 2. The van der Waals surface area contributed by atoms with E-state index in [4.69, 9.17) is 14.6 Å². The molecule has 0 fully saturated rings. The summed E-state index contributed by atoms with van der Waals surface area (Å²) < 4.78 is 10.3. The largest absolute Gasteiger partial charge is 0.482 e. The van der Waals surface area contributed by atoms with Gasteiger partial charge in [0.1, 0.15) is 5.75 Å². The van der Waals surface area contributed by atoms with Gasteiger partial charge in [0, 0.05) is 18.3 Å². The van der Waals surface area contributed by atoms with Gasteiger partial charge in [0.05, 0.1) is 12.7 Å². The Kier molecular flexibility index (Phi) is 7.03. The van der Waals surface area contributed by atoms with Crippen LogP contribution in [-0.4, -0.2) is 43.0 Å². The Balaban J connectivity index is 2.38. The van der Waals surface area contributed by atoms with Crippen molar-refractivity contribution in [2.75, 3.05) is 25.1 Å². The third-order valence-electron chi connectivity index (χ3n) is 2.29. The summed E-state index contributed by atoms with van der Waals surface area (Å²) in [7, 11) is 0. The number of urea groups is 1. The highest BCUT2D eigenvalue weighted by Crippen LogP contribution is 2.17. The van der Waals surface area contributed by atoms with Gasteiger partial charge in [-0.3, -0.25) is 0 Å². The zero-order valence-corrected chi connectivity index (χ0v) is 12.1. The van der Waals surface area contributed by atoms with E-state index in [1.54, 1.807) is 24.3 Å².